The summed E-state index contributed by atoms with van der Waals surface area (Å²) < 4.78 is 0. The Morgan fingerprint density at radius 2 is 2.16 bits per heavy atom. The van der Waals surface area contributed by atoms with E-state index in [2.05, 4.69) is 10.3 Å². The van der Waals surface area contributed by atoms with E-state index in [0.29, 0.717) is 5.69 Å². The minimum absolute atomic E-state index is 0.0876. The number of rotatable bonds is 4. The number of aryl methyl sites for hydroxylation is 1. The van der Waals surface area contributed by atoms with Crippen LogP contribution in [-0.2, 0) is 5.54 Å². The molecule has 6 heteroatoms. The molecule has 5 nitrogen and oxygen atoms in total. The van der Waals surface area contributed by atoms with Crippen LogP contribution in [0.5, 0.6) is 0 Å². The number of aromatic nitrogens is 1. The van der Waals surface area contributed by atoms with Crippen molar-refractivity contribution in [3.8, 4) is 0 Å². The number of nitro benzene ring substituents is 1. The van der Waals surface area contributed by atoms with Gasteiger partial charge in [0, 0.05) is 17.6 Å². The number of hydrogen-bond donors (Lipinski definition) is 1. The molecule has 1 aromatic carbocycles. The van der Waals surface area contributed by atoms with Crippen molar-refractivity contribution < 1.29 is 4.92 Å². The van der Waals surface area contributed by atoms with E-state index in [1.165, 1.54) is 17.4 Å². The average Bonchev–Trinajstić information content (AvgIpc) is 2.85. The van der Waals surface area contributed by atoms with Gasteiger partial charge in [0.05, 0.1) is 10.5 Å². The van der Waals surface area contributed by atoms with E-state index < -0.39 is 5.54 Å². The molecule has 0 bridgehead atoms. The predicted octanol–water partition coefficient (Wildman–Crippen LogP) is 3.71. The Kier molecular flexibility index (Phi) is 3.53. The Labute approximate surface area is 115 Å². The standard InChI is InChI=1S/C13H15N3O2S/c1-9-5-4-6-10(16(17)18)11(9)15-13(2,3)12-14-7-8-19-12/h4-8,15H,1-3H3. The summed E-state index contributed by atoms with van der Waals surface area (Å²) in [4.78, 5) is 15.0. The second-order valence-corrected chi connectivity index (χ2v) is 5.71. The fourth-order valence-electron chi connectivity index (χ4n) is 1.87. The zero-order valence-corrected chi connectivity index (χ0v) is 11.8. The second kappa shape index (κ2) is 4.97. The van der Waals surface area contributed by atoms with Gasteiger partial charge in [-0.25, -0.2) is 4.98 Å². The lowest BCUT2D eigenvalue weighted by Crippen LogP contribution is -2.28. The molecular formula is C13H15N3O2S. The van der Waals surface area contributed by atoms with Crippen LogP contribution in [-0.4, -0.2) is 9.91 Å². The Morgan fingerprint density at radius 1 is 1.42 bits per heavy atom. The maximum atomic E-state index is 11.1. The van der Waals surface area contributed by atoms with Gasteiger partial charge in [-0.15, -0.1) is 11.3 Å². The molecule has 2 rings (SSSR count). The third-order valence-corrected chi connectivity index (χ3v) is 3.95. The summed E-state index contributed by atoms with van der Waals surface area (Å²) in [6.07, 6.45) is 1.73. The molecular weight excluding hydrogens is 262 g/mol. The molecule has 0 aliphatic carbocycles. The summed E-state index contributed by atoms with van der Waals surface area (Å²) in [6.45, 7) is 5.78. The van der Waals surface area contributed by atoms with E-state index in [9.17, 15) is 10.1 Å². The number of nitrogens with zero attached hydrogens (tertiary/aromatic N) is 2. The molecule has 100 valence electrons. The number of anilines is 1. The van der Waals surface area contributed by atoms with E-state index in [-0.39, 0.29) is 10.6 Å². The first-order chi connectivity index (χ1) is 8.92. The van der Waals surface area contributed by atoms with Gasteiger partial charge in [-0.3, -0.25) is 10.1 Å². The lowest BCUT2D eigenvalue weighted by molar-refractivity contribution is -0.384. The van der Waals surface area contributed by atoms with Crippen molar-refractivity contribution in [1.82, 2.24) is 4.98 Å². The SMILES string of the molecule is Cc1cccc([N+](=O)[O-])c1NC(C)(C)c1nccs1. The van der Waals surface area contributed by atoms with Crippen LogP contribution in [0.15, 0.2) is 29.8 Å². The van der Waals surface area contributed by atoms with E-state index in [4.69, 9.17) is 0 Å². The van der Waals surface area contributed by atoms with Crippen LogP contribution < -0.4 is 5.32 Å². The van der Waals surface area contributed by atoms with Crippen molar-refractivity contribution >= 4 is 22.7 Å². The average molecular weight is 277 g/mol. The van der Waals surface area contributed by atoms with E-state index in [1.807, 2.05) is 32.2 Å². The zero-order valence-electron chi connectivity index (χ0n) is 11.0. The molecule has 0 aliphatic heterocycles. The van der Waals surface area contributed by atoms with Crippen LogP contribution in [0.25, 0.3) is 0 Å². The quantitative estimate of drug-likeness (QED) is 0.683. The molecule has 0 saturated carbocycles. The summed E-state index contributed by atoms with van der Waals surface area (Å²) in [5.41, 5.74) is 1.03. The van der Waals surface area contributed by atoms with Gasteiger partial charge in [0.1, 0.15) is 10.7 Å². The largest absolute Gasteiger partial charge is 0.368 e. The number of thiazole rings is 1. The molecule has 2 aromatic rings. The molecule has 0 fully saturated rings. The van der Waals surface area contributed by atoms with Gasteiger partial charge in [-0.1, -0.05) is 12.1 Å². The molecule has 0 amide bonds. The van der Waals surface area contributed by atoms with Crippen LogP contribution in [0.3, 0.4) is 0 Å². The molecule has 1 aromatic heterocycles. The highest BCUT2D eigenvalue weighted by molar-refractivity contribution is 7.09. The summed E-state index contributed by atoms with van der Waals surface area (Å²) in [6, 6.07) is 5.05. The first-order valence-electron chi connectivity index (χ1n) is 5.84. The van der Waals surface area contributed by atoms with Gasteiger partial charge in [0.25, 0.3) is 5.69 Å². The van der Waals surface area contributed by atoms with Crippen molar-refractivity contribution in [2.45, 2.75) is 26.3 Å². The third-order valence-electron chi connectivity index (χ3n) is 2.85. The molecule has 0 atom stereocenters. The highest BCUT2D eigenvalue weighted by atomic mass is 32.1. The monoisotopic (exact) mass is 277 g/mol. The van der Waals surface area contributed by atoms with Crippen molar-refractivity contribution in [1.29, 1.82) is 0 Å². The minimum atomic E-state index is -0.453. The summed E-state index contributed by atoms with van der Waals surface area (Å²) in [5, 5.41) is 17.1. The Hall–Kier alpha value is -1.95. The number of para-hydroxylation sites is 1. The zero-order chi connectivity index (χ0) is 14.0. The van der Waals surface area contributed by atoms with Crippen LogP contribution in [0, 0.1) is 17.0 Å². The van der Waals surface area contributed by atoms with Gasteiger partial charge in [-0.2, -0.15) is 0 Å². The van der Waals surface area contributed by atoms with Crippen LogP contribution >= 0.6 is 11.3 Å². The highest BCUT2D eigenvalue weighted by Gasteiger charge is 2.27. The lowest BCUT2D eigenvalue weighted by Gasteiger charge is -2.26. The molecule has 0 radical (unpaired) electrons. The van der Waals surface area contributed by atoms with Crippen molar-refractivity contribution in [2.24, 2.45) is 0 Å². The number of hydrogen-bond acceptors (Lipinski definition) is 5. The van der Waals surface area contributed by atoms with E-state index in [0.717, 1.165) is 10.6 Å². The van der Waals surface area contributed by atoms with Gasteiger partial charge in [0.2, 0.25) is 0 Å². The Morgan fingerprint density at radius 3 is 2.74 bits per heavy atom. The highest BCUT2D eigenvalue weighted by Crippen LogP contribution is 2.34. The number of benzene rings is 1. The topological polar surface area (TPSA) is 68.1 Å². The summed E-state index contributed by atoms with van der Waals surface area (Å²) in [5.74, 6) is 0. The van der Waals surface area contributed by atoms with Crippen molar-refractivity contribution in [2.75, 3.05) is 5.32 Å². The fraction of sp³-hybridized carbons (Fsp3) is 0.308. The number of nitrogens with one attached hydrogen (secondary N) is 1. The second-order valence-electron chi connectivity index (χ2n) is 4.81. The molecule has 0 saturated heterocycles. The first-order valence-corrected chi connectivity index (χ1v) is 6.72. The fourth-order valence-corrected chi connectivity index (χ4v) is 2.58. The van der Waals surface area contributed by atoms with Gasteiger partial charge < -0.3 is 5.32 Å². The van der Waals surface area contributed by atoms with Crippen molar-refractivity contribution in [3.05, 3.63) is 50.5 Å². The molecule has 1 heterocycles. The smallest absolute Gasteiger partial charge is 0.292 e. The van der Waals surface area contributed by atoms with Crippen molar-refractivity contribution in [3.63, 3.8) is 0 Å². The Bertz CT molecular complexity index is 594. The summed E-state index contributed by atoms with van der Waals surface area (Å²) in [7, 11) is 0. The number of nitro groups is 1. The molecule has 0 spiro atoms. The predicted molar refractivity (Wildman–Crippen MR) is 76.6 cm³/mol. The van der Waals surface area contributed by atoms with Crippen LogP contribution in [0.1, 0.15) is 24.4 Å². The molecule has 19 heavy (non-hydrogen) atoms. The van der Waals surface area contributed by atoms with Gasteiger partial charge in [-0.05, 0) is 26.3 Å². The van der Waals surface area contributed by atoms with E-state index >= 15 is 0 Å². The maximum absolute atomic E-state index is 11.1. The van der Waals surface area contributed by atoms with E-state index in [1.54, 1.807) is 12.3 Å². The van der Waals surface area contributed by atoms with Crippen LogP contribution in [0.4, 0.5) is 11.4 Å². The molecule has 0 aliphatic rings. The normalized spacial score (nSPS) is 11.3. The van der Waals surface area contributed by atoms with Gasteiger partial charge in [0.15, 0.2) is 0 Å². The third kappa shape index (κ3) is 2.73. The molecule has 0 unspecified atom stereocenters. The lowest BCUT2D eigenvalue weighted by atomic mass is 10.0. The Balaban J connectivity index is 2.41. The maximum Gasteiger partial charge on any atom is 0.292 e. The molecule has 1 N–H and O–H groups in total. The minimum Gasteiger partial charge on any atom is -0.368 e. The summed E-state index contributed by atoms with van der Waals surface area (Å²) >= 11 is 1.53. The van der Waals surface area contributed by atoms with Crippen LogP contribution in [0.2, 0.25) is 0 Å². The van der Waals surface area contributed by atoms with Gasteiger partial charge >= 0.3 is 0 Å². The first kappa shape index (κ1) is 13.5.